The smallest absolute Gasteiger partial charge is 0.281 e. The van der Waals surface area contributed by atoms with Crippen LogP contribution in [0.5, 0.6) is 5.75 Å². The highest BCUT2D eigenvalue weighted by atomic mass is 35.5. The molecule has 0 unspecified atom stereocenters. The molecule has 0 aromatic heterocycles. The van der Waals surface area contributed by atoms with Crippen LogP contribution >= 0.6 is 11.6 Å². The number of amides is 1. The maximum Gasteiger partial charge on any atom is 0.281 e. The van der Waals surface area contributed by atoms with E-state index >= 15 is 0 Å². The lowest BCUT2D eigenvalue weighted by molar-refractivity contribution is -0.133. The van der Waals surface area contributed by atoms with Crippen molar-refractivity contribution < 1.29 is 14.4 Å². The summed E-state index contributed by atoms with van der Waals surface area (Å²) in [5, 5.41) is 2.42. The van der Waals surface area contributed by atoms with Crippen LogP contribution in [-0.2, 0) is 9.63 Å². The van der Waals surface area contributed by atoms with Gasteiger partial charge in [0.15, 0.2) is 6.61 Å². The van der Waals surface area contributed by atoms with Crippen molar-refractivity contribution in [3.8, 4) is 5.75 Å². The molecule has 94 valence electrons. The van der Waals surface area contributed by atoms with E-state index in [1.54, 1.807) is 12.1 Å². The van der Waals surface area contributed by atoms with Crippen LogP contribution in [0.2, 0.25) is 5.02 Å². The van der Waals surface area contributed by atoms with Crippen molar-refractivity contribution in [1.82, 2.24) is 5.48 Å². The minimum absolute atomic E-state index is 0.112. The monoisotopic (exact) mass is 265 g/mol. The zero-order valence-corrected chi connectivity index (χ0v) is 10.5. The molecule has 0 saturated heterocycles. The van der Waals surface area contributed by atoms with Crippen molar-refractivity contribution in [2.45, 2.75) is 0 Å². The van der Waals surface area contributed by atoms with Crippen LogP contribution in [0.1, 0.15) is 0 Å². The molecule has 5 heteroatoms. The average Bonchev–Trinajstić information content (AvgIpc) is 2.39. The highest BCUT2D eigenvalue weighted by Gasteiger charge is 2.07. The van der Waals surface area contributed by atoms with Crippen LogP contribution in [0.25, 0.3) is 10.8 Å². The van der Waals surface area contributed by atoms with Crippen LogP contribution in [-0.4, -0.2) is 19.6 Å². The van der Waals surface area contributed by atoms with Crippen molar-refractivity contribution in [1.29, 1.82) is 0 Å². The second-order valence-electron chi connectivity index (χ2n) is 3.61. The van der Waals surface area contributed by atoms with Gasteiger partial charge in [-0.2, -0.15) is 0 Å². The minimum atomic E-state index is -0.350. The Kier molecular flexibility index (Phi) is 4.02. The van der Waals surface area contributed by atoms with Gasteiger partial charge >= 0.3 is 0 Å². The summed E-state index contributed by atoms with van der Waals surface area (Å²) in [6.07, 6.45) is 0. The van der Waals surface area contributed by atoms with Gasteiger partial charge in [-0.1, -0.05) is 35.9 Å². The average molecular weight is 266 g/mol. The Labute approximate surface area is 109 Å². The number of rotatable bonds is 4. The lowest BCUT2D eigenvalue weighted by Crippen LogP contribution is -2.27. The fourth-order valence-corrected chi connectivity index (χ4v) is 1.87. The number of halogens is 1. The zero-order valence-electron chi connectivity index (χ0n) is 9.77. The molecule has 4 nitrogen and oxygen atoms in total. The fourth-order valence-electron chi connectivity index (χ4n) is 1.65. The Morgan fingerprint density at radius 1 is 1.22 bits per heavy atom. The van der Waals surface area contributed by atoms with E-state index in [1.165, 1.54) is 7.11 Å². The standard InChI is InChI=1S/C13H12ClNO3/c1-17-15-13(16)8-18-12-7-6-11(14)9-4-2-3-5-10(9)12/h2-7H,8H2,1H3,(H,15,16). The number of hydrogen-bond acceptors (Lipinski definition) is 3. The van der Waals surface area contributed by atoms with Gasteiger partial charge in [0.2, 0.25) is 0 Å². The van der Waals surface area contributed by atoms with E-state index < -0.39 is 0 Å². The van der Waals surface area contributed by atoms with E-state index in [4.69, 9.17) is 16.3 Å². The van der Waals surface area contributed by atoms with Gasteiger partial charge in [0.05, 0.1) is 7.11 Å². The Morgan fingerprint density at radius 3 is 2.67 bits per heavy atom. The summed E-state index contributed by atoms with van der Waals surface area (Å²) in [7, 11) is 1.37. The van der Waals surface area contributed by atoms with Gasteiger partial charge in [0.25, 0.3) is 5.91 Å². The summed E-state index contributed by atoms with van der Waals surface area (Å²) >= 11 is 6.09. The number of benzene rings is 2. The summed E-state index contributed by atoms with van der Waals surface area (Å²) in [4.78, 5) is 15.7. The Morgan fingerprint density at radius 2 is 1.94 bits per heavy atom. The van der Waals surface area contributed by atoms with Crippen molar-refractivity contribution in [3.63, 3.8) is 0 Å². The zero-order chi connectivity index (χ0) is 13.0. The van der Waals surface area contributed by atoms with Gasteiger partial charge < -0.3 is 4.74 Å². The maximum absolute atomic E-state index is 11.2. The molecule has 0 atom stereocenters. The summed E-state index contributed by atoms with van der Waals surface area (Å²) in [6, 6.07) is 11.1. The van der Waals surface area contributed by atoms with Gasteiger partial charge in [-0.3, -0.25) is 9.63 Å². The molecular formula is C13H12ClNO3. The highest BCUT2D eigenvalue weighted by molar-refractivity contribution is 6.35. The summed E-state index contributed by atoms with van der Waals surface area (Å²) in [5.74, 6) is 0.262. The molecule has 1 N–H and O–H groups in total. The van der Waals surface area contributed by atoms with Gasteiger partial charge in [-0.05, 0) is 12.1 Å². The molecule has 2 aromatic rings. The molecular weight excluding hydrogens is 254 g/mol. The van der Waals surface area contributed by atoms with Gasteiger partial charge in [0.1, 0.15) is 5.75 Å². The molecule has 2 rings (SSSR count). The molecule has 0 aliphatic rings. The van der Waals surface area contributed by atoms with E-state index in [2.05, 4.69) is 10.3 Å². The SMILES string of the molecule is CONC(=O)COc1ccc(Cl)c2ccccc12. The predicted octanol–water partition coefficient (Wildman–Crippen LogP) is 2.55. The molecule has 18 heavy (non-hydrogen) atoms. The fraction of sp³-hybridized carbons (Fsp3) is 0.154. The second-order valence-corrected chi connectivity index (χ2v) is 4.02. The lowest BCUT2D eigenvalue weighted by atomic mass is 10.1. The second kappa shape index (κ2) is 5.71. The Bertz CT molecular complexity index is 571. The molecule has 0 radical (unpaired) electrons. The lowest BCUT2D eigenvalue weighted by Gasteiger charge is -2.09. The predicted molar refractivity (Wildman–Crippen MR) is 69.6 cm³/mol. The first-order valence-corrected chi connectivity index (χ1v) is 5.72. The van der Waals surface area contributed by atoms with Crippen LogP contribution in [0.3, 0.4) is 0 Å². The van der Waals surface area contributed by atoms with Gasteiger partial charge in [-0.15, -0.1) is 0 Å². The first kappa shape index (κ1) is 12.7. The van der Waals surface area contributed by atoms with E-state index in [1.807, 2.05) is 24.3 Å². The third kappa shape index (κ3) is 2.72. The topological polar surface area (TPSA) is 47.6 Å². The normalized spacial score (nSPS) is 10.3. The molecule has 0 aliphatic carbocycles. The molecule has 0 fully saturated rings. The van der Waals surface area contributed by atoms with Crippen LogP contribution < -0.4 is 10.2 Å². The van der Waals surface area contributed by atoms with E-state index in [-0.39, 0.29) is 12.5 Å². The minimum Gasteiger partial charge on any atom is -0.483 e. The van der Waals surface area contributed by atoms with E-state index in [0.29, 0.717) is 10.8 Å². The van der Waals surface area contributed by atoms with Gasteiger partial charge in [-0.25, -0.2) is 5.48 Å². The summed E-state index contributed by atoms with van der Waals surface area (Å²) in [6.45, 7) is -0.112. The van der Waals surface area contributed by atoms with Crippen LogP contribution in [0, 0.1) is 0 Å². The molecule has 1 amide bonds. The van der Waals surface area contributed by atoms with Gasteiger partial charge in [0, 0.05) is 15.8 Å². The number of nitrogens with one attached hydrogen (secondary N) is 1. The van der Waals surface area contributed by atoms with Crippen LogP contribution in [0.4, 0.5) is 0 Å². The molecule has 2 aromatic carbocycles. The molecule has 0 bridgehead atoms. The first-order chi connectivity index (χ1) is 8.72. The quantitative estimate of drug-likeness (QED) is 0.865. The van der Waals surface area contributed by atoms with Crippen molar-refractivity contribution >= 4 is 28.3 Å². The highest BCUT2D eigenvalue weighted by Crippen LogP contribution is 2.31. The summed E-state index contributed by atoms with van der Waals surface area (Å²) in [5.41, 5.74) is 2.19. The van der Waals surface area contributed by atoms with Crippen LogP contribution in [0.15, 0.2) is 36.4 Å². The molecule has 0 aliphatic heterocycles. The number of hydrogen-bond donors (Lipinski definition) is 1. The molecule has 0 saturated carbocycles. The number of carbonyl (C=O) groups excluding carboxylic acids is 1. The third-order valence-electron chi connectivity index (χ3n) is 2.41. The maximum atomic E-state index is 11.2. The Balaban J connectivity index is 2.24. The first-order valence-electron chi connectivity index (χ1n) is 5.34. The van der Waals surface area contributed by atoms with Crippen molar-refractivity contribution in [2.75, 3.05) is 13.7 Å². The van der Waals surface area contributed by atoms with Crippen molar-refractivity contribution in [2.24, 2.45) is 0 Å². The summed E-state index contributed by atoms with van der Waals surface area (Å²) < 4.78 is 5.44. The molecule has 0 spiro atoms. The van der Waals surface area contributed by atoms with E-state index in [0.717, 1.165) is 10.8 Å². The number of fused-ring (bicyclic) bond motifs is 1. The van der Waals surface area contributed by atoms with E-state index in [9.17, 15) is 4.79 Å². The number of carbonyl (C=O) groups is 1. The molecule has 0 heterocycles. The number of ether oxygens (including phenoxy) is 1. The third-order valence-corrected chi connectivity index (χ3v) is 2.74. The largest absolute Gasteiger partial charge is 0.483 e. The number of hydroxylamine groups is 1. The van der Waals surface area contributed by atoms with Crippen molar-refractivity contribution in [3.05, 3.63) is 41.4 Å². The Hall–Kier alpha value is -1.78.